The zero-order chi connectivity index (χ0) is 20.9. The van der Waals surface area contributed by atoms with Crippen molar-refractivity contribution in [3.63, 3.8) is 0 Å². The molecule has 9 nitrogen and oxygen atoms in total. The van der Waals surface area contributed by atoms with Crippen LogP contribution in [0.3, 0.4) is 0 Å². The van der Waals surface area contributed by atoms with Crippen LogP contribution in [0.4, 0.5) is 16.2 Å². The van der Waals surface area contributed by atoms with Crippen LogP contribution >= 0.6 is 12.2 Å². The number of nitrogens with one attached hydrogen (secondary N) is 2. The van der Waals surface area contributed by atoms with E-state index in [0.717, 1.165) is 26.7 Å². The first-order valence-corrected chi connectivity index (χ1v) is 9.78. The number of hydrogen-bond acceptors (Lipinski definition) is 6. The van der Waals surface area contributed by atoms with Crippen molar-refractivity contribution in [3.8, 4) is 0 Å². The zero-order valence-corrected chi connectivity index (χ0v) is 17.3. The topological polar surface area (TPSA) is 94.2 Å². The summed E-state index contributed by atoms with van der Waals surface area (Å²) in [5, 5.41) is 6.41. The molecular weight excluding hydrogens is 394 g/mol. The zero-order valence-electron chi connectivity index (χ0n) is 16.5. The van der Waals surface area contributed by atoms with Gasteiger partial charge < -0.3 is 20.3 Å². The van der Waals surface area contributed by atoms with Crippen LogP contribution < -0.4 is 15.5 Å². The molecule has 0 aliphatic carbocycles. The number of anilines is 2. The highest BCUT2D eigenvalue weighted by atomic mass is 32.1. The highest BCUT2D eigenvalue weighted by molar-refractivity contribution is 7.80. The van der Waals surface area contributed by atoms with Gasteiger partial charge in [-0.2, -0.15) is 0 Å². The van der Waals surface area contributed by atoms with Crippen LogP contribution in [0, 0.1) is 5.41 Å². The molecule has 2 fully saturated rings. The monoisotopic (exact) mass is 417 g/mol. The van der Waals surface area contributed by atoms with Gasteiger partial charge >= 0.3 is 6.03 Å². The van der Waals surface area contributed by atoms with Crippen molar-refractivity contribution in [2.75, 3.05) is 51.1 Å². The van der Waals surface area contributed by atoms with E-state index in [0.29, 0.717) is 18.3 Å². The minimum absolute atomic E-state index is 0.189. The second kappa shape index (κ2) is 6.96. The molecule has 1 aromatic carbocycles. The Morgan fingerprint density at radius 3 is 2.55 bits per heavy atom. The maximum atomic E-state index is 13.4. The second-order valence-corrected chi connectivity index (χ2v) is 7.90. The van der Waals surface area contributed by atoms with Crippen LogP contribution in [0.15, 0.2) is 18.2 Å². The summed E-state index contributed by atoms with van der Waals surface area (Å²) >= 11 is 5.18. The molecule has 0 aromatic heterocycles. The number of ether oxygens (including phenoxy) is 1. The summed E-state index contributed by atoms with van der Waals surface area (Å²) in [6, 6.07) is 4.70. The standard InChI is InChI=1S/C19H23N5O4S/c1-20-17(29)21-12-4-5-13-11(8-12)9-19(14-10-28-7-6-24(13)14)15(25)22(2)18(27)23(3)16(19)26/h4-5,8,14H,6-7,9-10H2,1-3H3,(H2,20,21,29). The van der Waals surface area contributed by atoms with Crippen molar-refractivity contribution < 1.29 is 19.1 Å². The molecule has 3 aliphatic rings. The predicted octanol–water partition coefficient (Wildman–Crippen LogP) is 0.401. The van der Waals surface area contributed by atoms with Gasteiger partial charge in [-0.3, -0.25) is 19.4 Å². The molecule has 29 heavy (non-hydrogen) atoms. The van der Waals surface area contributed by atoms with Crippen LogP contribution in [-0.2, 0) is 20.7 Å². The highest BCUT2D eigenvalue weighted by Gasteiger charge is 2.63. The fourth-order valence-corrected chi connectivity index (χ4v) is 4.64. The number of imide groups is 2. The van der Waals surface area contributed by atoms with E-state index < -0.39 is 29.3 Å². The maximum Gasteiger partial charge on any atom is 0.332 e. The summed E-state index contributed by atoms with van der Waals surface area (Å²) in [7, 11) is 4.56. The van der Waals surface area contributed by atoms with E-state index in [9.17, 15) is 14.4 Å². The molecule has 2 N–H and O–H groups in total. The first kappa shape index (κ1) is 19.6. The summed E-state index contributed by atoms with van der Waals surface area (Å²) in [6.45, 7) is 1.31. The first-order chi connectivity index (χ1) is 13.8. The molecule has 3 aliphatic heterocycles. The van der Waals surface area contributed by atoms with Gasteiger partial charge in [0.1, 0.15) is 0 Å². The Hall–Kier alpha value is -2.72. The van der Waals surface area contributed by atoms with E-state index in [2.05, 4.69) is 15.5 Å². The van der Waals surface area contributed by atoms with Crippen LogP contribution in [0.5, 0.6) is 0 Å². The van der Waals surface area contributed by atoms with Gasteiger partial charge in [0.05, 0.1) is 19.3 Å². The van der Waals surface area contributed by atoms with Gasteiger partial charge in [-0.05, 0) is 42.4 Å². The Morgan fingerprint density at radius 1 is 1.21 bits per heavy atom. The average molecular weight is 417 g/mol. The van der Waals surface area contributed by atoms with E-state index in [1.165, 1.54) is 14.1 Å². The third-order valence-corrected chi connectivity index (χ3v) is 6.29. The summed E-state index contributed by atoms with van der Waals surface area (Å²) in [5.74, 6) is -0.971. The number of hydrogen-bond donors (Lipinski definition) is 2. The number of morpholine rings is 1. The number of amides is 4. The Balaban J connectivity index is 1.84. The summed E-state index contributed by atoms with van der Waals surface area (Å²) in [6.07, 6.45) is 0.189. The van der Waals surface area contributed by atoms with E-state index in [-0.39, 0.29) is 13.0 Å². The van der Waals surface area contributed by atoms with Crippen LogP contribution in [0.1, 0.15) is 5.56 Å². The summed E-state index contributed by atoms with van der Waals surface area (Å²) in [5.41, 5.74) is 1.17. The Morgan fingerprint density at radius 2 is 1.90 bits per heavy atom. The number of carbonyl (C=O) groups excluding carboxylic acids is 3. The molecule has 1 atom stereocenters. The van der Waals surface area contributed by atoms with Crippen molar-refractivity contribution in [1.29, 1.82) is 0 Å². The summed E-state index contributed by atoms with van der Waals surface area (Å²) < 4.78 is 5.66. The smallest absolute Gasteiger partial charge is 0.332 e. The van der Waals surface area contributed by atoms with Crippen molar-refractivity contribution in [1.82, 2.24) is 15.1 Å². The molecule has 0 radical (unpaired) electrons. The third kappa shape index (κ3) is 2.77. The molecule has 2 saturated heterocycles. The first-order valence-electron chi connectivity index (χ1n) is 9.37. The predicted molar refractivity (Wildman–Crippen MR) is 111 cm³/mol. The van der Waals surface area contributed by atoms with Gasteiger partial charge in [-0.15, -0.1) is 0 Å². The molecule has 4 amide bonds. The lowest BCUT2D eigenvalue weighted by Gasteiger charge is -2.54. The van der Waals surface area contributed by atoms with Crippen molar-refractivity contribution >= 4 is 46.6 Å². The van der Waals surface area contributed by atoms with Crippen LogP contribution in [0.25, 0.3) is 0 Å². The highest BCUT2D eigenvalue weighted by Crippen LogP contribution is 2.47. The van der Waals surface area contributed by atoms with Crippen molar-refractivity contribution in [2.24, 2.45) is 5.41 Å². The number of nitrogens with zero attached hydrogens (tertiary/aromatic N) is 3. The largest absolute Gasteiger partial charge is 0.377 e. The second-order valence-electron chi connectivity index (χ2n) is 7.49. The number of fused-ring (bicyclic) bond motifs is 4. The lowest BCUT2D eigenvalue weighted by molar-refractivity contribution is -0.161. The molecular formula is C19H23N5O4S. The molecule has 154 valence electrons. The van der Waals surface area contributed by atoms with Gasteiger partial charge in [-0.25, -0.2) is 4.79 Å². The fraction of sp³-hybridized carbons (Fsp3) is 0.474. The molecule has 10 heteroatoms. The van der Waals surface area contributed by atoms with Crippen LogP contribution in [-0.4, -0.2) is 79.7 Å². The quantitative estimate of drug-likeness (QED) is 0.501. The number of rotatable bonds is 1. The number of carbonyl (C=O) groups is 3. The number of barbiturate groups is 1. The molecule has 1 unspecified atom stereocenters. The Bertz CT molecular complexity index is 896. The van der Waals surface area contributed by atoms with E-state index in [1.54, 1.807) is 7.05 Å². The molecule has 1 spiro atoms. The Labute approximate surface area is 173 Å². The lowest BCUT2D eigenvalue weighted by atomic mass is 9.68. The van der Waals surface area contributed by atoms with Crippen LogP contribution in [0.2, 0.25) is 0 Å². The lowest BCUT2D eigenvalue weighted by Crippen LogP contribution is -2.73. The van der Waals surface area contributed by atoms with Gasteiger partial charge in [0.25, 0.3) is 0 Å². The van der Waals surface area contributed by atoms with E-state index in [4.69, 9.17) is 17.0 Å². The number of thiocarbonyl (C=S) groups is 1. The molecule has 1 aromatic rings. The molecule has 4 rings (SSSR count). The van der Waals surface area contributed by atoms with E-state index in [1.807, 2.05) is 18.2 Å². The van der Waals surface area contributed by atoms with Gasteiger partial charge in [0.2, 0.25) is 11.8 Å². The van der Waals surface area contributed by atoms with Gasteiger partial charge in [0, 0.05) is 39.1 Å². The molecule has 3 heterocycles. The van der Waals surface area contributed by atoms with Gasteiger partial charge in [-0.1, -0.05) is 0 Å². The SMILES string of the molecule is CNC(=S)Nc1ccc2c(c1)CC1(C(=O)N(C)C(=O)N(C)C1=O)C1COCCN21. The minimum atomic E-state index is -1.41. The third-order valence-electron chi connectivity index (χ3n) is 5.99. The van der Waals surface area contributed by atoms with Crippen molar-refractivity contribution in [3.05, 3.63) is 23.8 Å². The average Bonchev–Trinajstić information content (AvgIpc) is 2.74. The number of benzene rings is 1. The van der Waals surface area contributed by atoms with E-state index >= 15 is 0 Å². The summed E-state index contributed by atoms with van der Waals surface area (Å²) in [4.78, 5) is 43.2. The minimum Gasteiger partial charge on any atom is -0.377 e. The maximum absolute atomic E-state index is 13.4. The normalized spacial score (nSPS) is 23.1. The molecule has 0 bridgehead atoms. The van der Waals surface area contributed by atoms with Gasteiger partial charge in [0.15, 0.2) is 10.5 Å². The number of urea groups is 1. The Kier molecular flexibility index (Phi) is 4.70. The fourth-order valence-electron chi connectivity index (χ4n) is 4.52. The van der Waals surface area contributed by atoms with Crippen molar-refractivity contribution in [2.45, 2.75) is 12.5 Å². The molecule has 0 saturated carbocycles.